The Morgan fingerprint density at radius 2 is 1.87 bits per heavy atom. The van der Waals surface area contributed by atoms with E-state index < -0.39 is 26.6 Å². The van der Waals surface area contributed by atoms with Gasteiger partial charge in [-0.15, -0.1) is 0 Å². The van der Waals surface area contributed by atoms with E-state index in [0.29, 0.717) is 0 Å². The number of rotatable bonds is 4. The van der Waals surface area contributed by atoms with Gasteiger partial charge in [0.05, 0.1) is 5.60 Å². The van der Waals surface area contributed by atoms with Crippen LogP contribution in [-0.4, -0.2) is 55.0 Å². The van der Waals surface area contributed by atoms with Crippen LogP contribution in [0.5, 0.6) is 0 Å². The summed E-state index contributed by atoms with van der Waals surface area (Å²) in [6.07, 6.45) is 1.02. The molecule has 5 nitrogen and oxygen atoms in total. The molecule has 15 heavy (non-hydrogen) atoms. The van der Waals surface area contributed by atoms with E-state index in [0.717, 1.165) is 6.26 Å². The summed E-state index contributed by atoms with van der Waals surface area (Å²) in [4.78, 5) is 12.8. The van der Waals surface area contributed by atoms with Gasteiger partial charge in [-0.05, 0) is 20.8 Å². The highest BCUT2D eigenvalue weighted by Gasteiger charge is 2.28. The van der Waals surface area contributed by atoms with Crippen molar-refractivity contribution in [2.75, 3.05) is 19.8 Å². The zero-order valence-corrected chi connectivity index (χ0v) is 10.6. The third-order valence-electron chi connectivity index (χ3n) is 1.99. The molecule has 0 rings (SSSR count). The molecule has 90 valence electrons. The minimum Gasteiger partial charge on any atom is -0.389 e. The summed E-state index contributed by atoms with van der Waals surface area (Å²) in [6.45, 7) is 4.56. The van der Waals surface area contributed by atoms with Crippen LogP contribution in [0, 0.1) is 0 Å². The second-order valence-corrected chi connectivity index (χ2v) is 6.84. The van der Waals surface area contributed by atoms with Gasteiger partial charge in [0.25, 0.3) is 0 Å². The molecule has 0 aromatic rings. The summed E-state index contributed by atoms with van der Waals surface area (Å²) < 4.78 is 22.3. The topological polar surface area (TPSA) is 74.7 Å². The Kier molecular flexibility index (Phi) is 4.30. The molecule has 0 aliphatic rings. The highest BCUT2D eigenvalue weighted by Crippen LogP contribution is 2.07. The van der Waals surface area contributed by atoms with Gasteiger partial charge in [0, 0.05) is 19.8 Å². The van der Waals surface area contributed by atoms with Crippen molar-refractivity contribution < 1.29 is 18.3 Å². The van der Waals surface area contributed by atoms with Crippen LogP contribution in [0.1, 0.15) is 20.8 Å². The summed E-state index contributed by atoms with van der Waals surface area (Å²) in [5.41, 5.74) is -1.03. The number of nitrogens with zero attached hydrogens (tertiary/aromatic N) is 1. The lowest BCUT2D eigenvalue weighted by Gasteiger charge is -2.27. The van der Waals surface area contributed by atoms with E-state index in [1.807, 2.05) is 0 Å². The first-order valence-corrected chi connectivity index (χ1v) is 6.57. The first kappa shape index (κ1) is 14.4. The van der Waals surface area contributed by atoms with E-state index in [9.17, 15) is 18.3 Å². The molecular weight excluding hydrogens is 218 g/mol. The average molecular weight is 237 g/mol. The predicted molar refractivity (Wildman–Crippen MR) is 58.2 cm³/mol. The van der Waals surface area contributed by atoms with Crippen LogP contribution in [0.3, 0.4) is 0 Å². The molecule has 1 amide bonds. The Balaban J connectivity index is 4.61. The molecule has 6 heteroatoms. The number of hydrogen-bond acceptors (Lipinski definition) is 4. The van der Waals surface area contributed by atoms with Crippen LogP contribution in [0.4, 0.5) is 0 Å². The average Bonchev–Trinajstić information content (AvgIpc) is 1.96. The van der Waals surface area contributed by atoms with Gasteiger partial charge in [0.15, 0.2) is 9.84 Å². The number of carbonyl (C=O) groups excluding carboxylic acids is 1. The Labute approximate surface area is 91.0 Å². The molecule has 0 aromatic heterocycles. The highest BCUT2D eigenvalue weighted by atomic mass is 32.2. The summed E-state index contributed by atoms with van der Waals surface area (Å²) in [6, 6.07) is 0. The van der Waals surface area contributed by atoms with Crippen LogP contribution in [0.15, 0.2) is 0 Å². The molecule has 1 unspecified atom stereocenters. The van der Waals surface area contributed by atoms with Gasteiger partial charge >= 0.3 is 0 Å². The van der Waals surface area contributed by atoms with Gasteiger partial charge in [-0.2, -0.15) is 0 Å². The van der Waals surface area contributed by atoms with Crippen molar-refractivity contribution in [3.63, 3.8) is 0 Å². The van der Waals surface area contributed by atoms with Gasteiger partial charge in [0.1, 0.15) is 5.25 Å². The molecule has 0 saturated carbocycles. The number of amides is 1. The highest BCUT2D eigenvalue weighted by molar-refractivity contribution is 7.92. The van der Waals surface area contributed by atoms with Crippen LogP contribution in [-0.2, 0) is 14.6 Å². The summed E-state index contributed by atoms with van der Waals surface area (Å²) >= 11 is 0. The third kappa shape index (κ3) is 5.13. The Morgan fingerprint density at radius 1 is 1.47 bits per heavy atom. The van der Waals surface area contributed by atoms with Crippen molar-refractivity contribution in [2.45, 2.75) is 31.6 Å². The van der Waals surface area contributed by atoms with Crippen LogP contribution < -0.4 is 0 Å². The summed E-state index contributed by atoms with van der Waals surface area (Å²) in [7, 11) is -1.90. The minimum absolute atomic E-state index is 0.103. The Morgan fingerprint density at radius 3 is 2.13 bits per heavy atom. The normalized spacial score (nSPS) is 14.8. The number of likely N-dealkylation sites (N-methyl/N-ethyl adjacent to an activating group) is 1. The number of carbonyl (C=O) groups is 1. The largest absolute Gasteiger partial charge is 0.389 e. The number of hydrogen-bond donors (Lipinski definition) is 1. The van der Waals surface area contributed by atoms with E-state index >= 15 is 0 Å². The molecule has 0 fully saturated rings. The fraction of sp³-hybridized carbons (Fsp3) is 0.889. The lowest BCUT2D eigenvalue weighted by Crippen LogP contribution is -2.45. The fourth-order valence-corrected chi connectivity index (χ4v) is 1.70. The van der Waals surface area contributed by atoms with E-state index in [-0.39, 0.29) is 6.54 Å². The number of sulfone groups is 1. The van der Waals surface area contributed by atoms with Gasteiger partial charge < -0.3 is 10.0 Å². The molecule has 0 saturated heterocycles. The first-order chi connectivity index (χ1) is 6.45. The van der Waals surface area contributed by atoms with E-state index in [1.165, 1.54) is 18.9 Å². The van der Waals surface area contributed by atoms with Crippen molar-refractivity contribution in [3.8, 4) is 0 Å². The maximum absolute atomic E-state index is 11.6. The molecule has 1 atom stereocenters. The zero-order valence-electron chi connectivity index (χ0n) is 9.81. The molecule has 0 heterocycles. The molecule has 0 aromatic carbocycles. The van der Waals surface area contributed by atoms with Crippen molar-refractivity contribution in [1.29, 1.82) is 0 Å². The minimum atomic E-state index is -3.38. The lowest BCUT2D eigenvalue weighted by atomic mass is 10.1. The van der Waals surface area contributed by atoms with Gasteiger partial charge in [-0.3, -0.25) is 4.79 Å². The summed E-state index contributed by atoms with van der Waals surface area (Å²) in [5, 5.41) is 8.41. The molecule has 0 aliphatic heterocycles. The Bertz CT molecular complexity index is 329. The smallest absolute Gasteiger partial charge is 0.240 e. The summed E-state index contributed by atoms with van der Waals surface area (Å²) in [5.74, 6) is -0.500. The van der Waals surface area contributed by atoms with E-state index in [4.69, 9.17) is 0 Å². The quantitative estimate of drug-likeness (QED) is 0.725. The van der Waals surface area contributed by atoms with Crippen molar-refractivity contribution in [3.05, 3.63) is 0 Å². The van der Waals surface area contributed by atoms with Crippen molar-refractivity contribution >= 4 is 15.7 Å². The van der Waals surface area contributed by atoms with Gasteiger partial charge in [-0.25, -0.2) is 8.42 Å². The van der Waals surface area contributed by atoms with Gasteiger partial charge in [-0.1, -0.05) is 0 Å². The molecule has 0 bridgehead atoms. The maximum Gasteiger partial charge on any atom is 0.240 e. The van der Waals surface area contributed by atoms with Gasteiger partial charge in [0.2, 0.25) is 5.91 Å². The third-order valence-corrected chi connectivity index (χ3v) is 3.48. The fourth-order valence-electron chi connectivity index (χ4n) is 1.15. The monoisotopic (exact) mass is 237 g/mol. The molecule has 0 spiro atoms. The zero-order chi connectivity index (χ0) is 12.4. The second kappa shape index (κ2) is 4.49. The van der Waals surface area contributed by atoms with E-state index in [1.54, 1.807) is 13.8 Å². The first-order valence-electron chi connectivity index (χ1n) is 4.61. The van der Waals surface area contributed by atoms with Crippen LogP contribution in [0.2, 0.25) is 0 Å². The SMILES string of the molecule is CC(C(=O)N(C)CC(C)(C)O)S(C)(=O)=O. The maximum atomic E-state index is 11.6. The lowest BCUT2D eigenvalue weighted by molar-refractivity contribution is -0.131. The van der Waals surface area contributed by atoms with Crippen LogP contribution >= 0.6 is 0 Å². The van der Waals surface area contributed by atoms with Crippen LogP contribution in [0.25, 0.3) is 0 Å². The molecule has 1 N–H and O–H groups in total. The second-order valence-electron chi connectivity index (χ2n) is 4.48. The number of aliphatic hydroxyl groups is 1. The Hall–Kier alpha value is -0.620. The molecule has 0 aliphatic carbocycles. The van der Waals surface area contributed by atoms with E-state index in [2.05, 4.69) is 0 Å². The van der Waals surface area contributed by atoms with Crippen molar-refractivity contribution in [1.82, 2.24) is 4.90 Å². The van der Waals surface area contributed by atoms with Crippen molar-refractivity contribution in [2.24, 2.45) is 0 Å². The molecular formula is C9H19NO4S. The predicted octanol–water partition coefficient (Wildman–Crippen LogP) is -0.351. The standard InChI is InChI=1S/C9H19NO4S/c1-7(15(5,13)14)8(11)10(4)6-9(2,3)12/h7,12H,6H2,1-5H3. The molecule has 0 radical (unpaired) electrons.